The van der Waals surface area contributed by atoms with Crippen LogP contribution in [-0.4, -0.2) is 31.2 Å². The maximum atomic E-state index is 11.8. The Morgan fingerprint density at radius 2 is 2.00 bits per heavy atom. The molecule has 0 fully saturated rings. The van der Waals surface area contributed by atoms with Gasteiger partial charge in [0, 0.05) is 24.1 Å². The molecule has 1 aromatic rings. The fraction of sp³-hybridized carbons (Fsp3) is 0.500. The molecular formula is C12H20N4O3S. The van der Waals surface area contributed by atoms with Crippen molar-refractivity contribution in [2.45, 2.75) is 32.2 Å². The summed E-state index contributed by atoms with van der Waals surface area (Å²) in [5.41, 5.74) is 0.624. The first-order valence-corrected chi connectivity index (χ1v) is 8.10. The van der Waals surface area contributed by atoms with E-state index < -0.39 is 10.0 Å². The first-order valence-electron chi connectivity index (χ1n) is 6.38. The molecule has 112 valence electrons. The number of pyridine rings is 1. The number of hydrogen-bond acceptors (Lipinski definition) is 4. The summed E-state index contributed by atoms with van der Waals surface area (Å²) in [5, 5.41) is 10.4. The molecule has 1 atom stereocenters. The van der Waals surface area contributed by atoms with Crippen molar-refractivity contribution in [3.63, 3.8) is 0 Å². The van der Waals surface area contributed by atoms with Crippen molar-refractivity contribution < 1.29 is 13.2 Å². The summed E-state index contributed by atoms with van der Waals surface area (Å²) in [6.45, 7) is 1.96. The number of amides is 2. The van der Waals surface area contributed by atoms with Crippen molar-refractivity contribution in [1.82, 2.24) is 10.3 Å². The summed E-state index contributed by atoms with van der Waals surface area (Å²) in [6.07, 6.45) is 4.97. The molecule has 0 bridgehead atoms. The lowest BCUT2D eigenvalue weighted by molar-refractivity contribution is 0.247. The Labute approximate surface area is 119 Å². The van der Waals surface area contributed by atoms with Gasteiger partial charge in [0.15, 0.2) is 0 Å². The molecule has 2 amide bonds. The lowest BCUT2D eigenvalue weighted by atomic mass is 10.1. The highest BCUT2D eigenvalue weighted by molar-refractivity contribution is 7.89. The van der Waals surface area contributed by atoms with E-state index in [1.165, 1.54) is 0 Å². The number of urea groups is 1. The van der Waals surface area contributed by atoms with Crippen molar-refractivity contribution in [2.24, 2.45) is 5.14 Å². The van der Waals surface area contributed by atoms with E-state index in [0.717, 1.165) is 6.42 Å². The highest BCUT2D eigenvalue weighted by atomic mass is 32.2. The summed E-state index contributed by atoms with van der Waals surface area (Å²) in [4.78, 5) is 15.6. The Morgan fingerprint density at radius 1 is 1.35 bits per heavy atom. The molecule has 1 aromatic heterocycles. The minimum atomic E-state index is -3.51. The SMILES string of the molecule is CCCC(CCS(N)(=O)=O)NC(=O)Nc1ccncc1. The van der Waals surface area contributed by atoms with E-state index in [1.54, 1.807) is 24.5 Å². The molecule has 7 nitrogen and oxygen atoms in total. The van der Waals surface area contributed by atoms with Gasteiger partial charge in [0.05, 0.1) is 5.75 Å². The summed E-state index contributed by atoms with van der Waals surface area (Å²) >= 11 is 0. The number of nitrogens with one attached hydrogen (secondary N) is 2. The van der Waals surface area contributed by atoms with Crippen LogP contribution >= 0.6 is 0 Å². The number of aromatic nitrogens is 1. The van der Waals surface area contributed by atoms with Crippen LogP contribution in [-0.2, 0) is 10.0 Å². The minimum Gasteiger partial charge on any atom is -0.335 e. The lowest BCUT2D eigenvalue weighted by Crippen LogP contribution is -2.39. The van der Waals surface area contributed by atoms with Gasteiger partial charge in [0.2, 0.25) is 10.0 Å². The first-order chi connectivity index (χ1) is 9.40. The van der Waals surface area contributed by atoms with E-state index in [0.29, 0.717) is 18.5 Å². The normalized spacial score (nSPS) is 12.7. The third-order valence-electron chi connectivity index (χ3n) is 2.66. The molecule has 1 unspecified atom stereocenters. The number of rotatable bonds is 7. The van der Waals surface area contributed by atoms with Crippen molar-refractivity contribution >= 4 is 21.7 Å². The van der Waals surface area contributed by atoms with Crippen LogP contribution in [0.3, 0.4) is 0 Å². The average Bonchev–Trinajstić information content (AvgIpc) is 2.36. The molecule has 0 aromatic carbocycles. The Kier molecular flexibility index (Phi) is 6.40. The van der Waals surface area contributed by atoms with Gasteiger partial charge >= 0.3 is 6.03 Å². The van der Waals surface area contributed by atoms with Crippen LogP contribution < -0.4 is 15.8 Å². The van der Waals surface area contributed by atoms with Crippen molar-refractivity contribution in [3.8, 4) is 0 Å². The number of carbonyl (C=O) groups excluding carboxylic acids is 1. The quantitative estimate of drug-likeness (QED) is 0.698. The number of hydrogen-bond donors (Lipinski definition) is 3. The van der Waals surface area contributed by atoms with E-state index >= 15 is 0 Å². The maximum absolute atomic E-state index is 11.8. The van der Waals surface area contributed by atoms with Crippen molar-refractivity contribution in [1.29, 1.82) is 0 Å². The number of nitrogens with two attached hydrogens (primary N) is 1. The minimum absolute atomic E-state index is 0.146. The Morgan fingerprint density at radius 3 is 2.55 bits per heavy atom. The topological polar surface area (TPSA) is 114 Å². The molecule has 0 aliphatic rings. The first kappa shape index (κ1) is 16.4. The molecule has 1 heterocycles. The number of nitrogens with zero attached hydrogens (tertiary/aromatic N) is 1. The van der Waals surface area contributed by atoms with Gasteiger partial charge in [-0.25, -0.2) is 18.4 Å². The number of sulfonamides is 1. The third kappa shape index (κ3) is 7.05. The Hall–Kier alpha value is -1.67. The number of primary sulfonamides is 1. The Bertz CT molecular complexity index is 519. The molecule has 1 rings (SSSR count). The third-order valence-corrected chi connectivity index (χ3v) is 3.47. The lowest BCUT2D eigenvalue weighted by Gasteiger charge is -2.18. The zero-order valence-corrected chi connectivity index (χ0v) is 12.2. The van der Waals surface area contributed by atoms with Crippen molar-refractivity contribution in [2.75, 3.05) is 11.1 Å². The second-order valence-corrected chi connectivity index (χ2v) is 6.21. The van der Waals surface area contributed by atoms with Crippen LogP contribution in [0.4, 0.5) is 10.5 Å². The molecule has 0 saturated carbocycles. The van der Waals surface area contributed by atoms with Gasteiger partial charge in [-0.3, -0.25) is 4.98 Å². The monoisotopic (exact) mass is 300 g/mol. The molecule has 8 heteroatoms. The van der Waals surface area contributed by atoms with Crippen LogP contribution in [0, 0.1) is 0 Å². The van der Waals surface area contributed by atoms with E-state index in [4.69, 9.17) is 5.14 Å². The van der Waals surface area contributed by atoms with Crippen LogP contribution in [0.1, 0.15) is 26.2 Å². The molecule has 0 aliphatic carbocycles. The van der Waals surface area contributed by atoms with Crippen LogP contribution in [0.2, 0.25) is 0 Å². The number of anilines is 1. The fourth-order valence-electron chi connectivity index (χ4n) is 1.73. The molecular weight excluding hydrogens is 280 g/mol. The highest BCUT2D eigenvalue weighted by Gasteiger charge is 2.14. The number of carbonyl (C=O) groups is 1. The van der Waals surface area contributed by atoms with E-state index in [-0.39, 0.29) is 17.8 Å². The molecule has 0 radical (unpaired) electrons. The van der Waals surface area contributed by atoms with Gasteiger partial charge in [-0.05, 0) is 25.0 Å². The second-order valence-electron chi connectivity index (χ2n) is 4.48. The summed E-state index contributed by atoms with van der Waals surface area (Å²) < 4.78 is 21.9. The summed E-state index contributed by atoms with van der Waals surface area (Å²) in [6, 6.07) is 2.74. The fourth-order valence-corrected chi connectivity index (χ4v) is 2.34. The predicted octanol–water partition coefficient (Wildman–Crippen LogP) is 1.05. The molecule has 0 saturated heterocycles. The van der Waals surface area contributed by atoms with Crippen LogP contribution in [0.25, 0.3) is 0 Å². The smallest absolute Gasteiger partial charge is 0.319 e. The standard InChI is InChI=1S/C12H20N4O3S/c1-2-3-10(6-9-20(13,18)19)15-12(17)16-11-4-7-14-8-5-11/h4-5,7-8,10H,2-3,6,9H2,1H3,(H2,13,18,19)(H2,14,15,16,17). The van der Waals surface area contributed by atoms with Gasteiger partial charge < -0.3 is 10.6 Å². The van der Waals surface area contributed by atoms with E-state index in [1.807, 2.05) is 6.92 Å². The maximum Gasteiger partial charge on any atom is 0.319 e. The molecule has 20 heavy (non-hydrogen) atoms. The zero-order chi connectivity index (χ0) is 15.0. The van der Waals surface area contributed by atoms with E-state index in [2.05, 4.69) is 15.6 Å². The van der Waals surface area contributed by atoms with Crippen LogP contribution in [0.5, 0.6) is 0 Å². The Balaban J connectivity index is 2.50. The predicted molar refractivity (Wildman–Crippen MR) is 77.7 cm³/mol. The highest BCUT2D eigenvalue weighted by Crippen LogP contribution is 2.06. The summed E-state index contributed by atoms with van der Waals surface area (Å²) in [5.74, 6) is -0.146. The van der Waals surface area contributed by atoms with Crippen molar-refractivity contribution in [3.05, 3.63) is 24.5 Å². The molecule has 0 spiro atoms. The van der Waals surface area contributed by atoms with Gasteiger partial charge in [0.1, 0.15) is 0 Å². The van der Waals surface area contributed by atoms with Crippen LogP contribution in [0.15, 0.2) is 24.5 Å². The molecule has 0 aliphatic heterocycles. The largest absolute Gasteiger partial charge is 0.335 e. The van der Waals surface area contributed by atoms with E-state index in [9.17, 15) is 13.2 Å². The summed E-state index contributed by atoms with van der Waals surface area (Å²) in [7, 11) is -3.51. The molecule has 4 N–H and O–H groups in total. The van der Waals surface area contributed by atoms with Gasteiger partial charge in [-0.1, -0.05) is 13.3 Å². The second kappa shape index (κ2) is 7.81. The zero-order valence-electron chi connectivity index (χ0n) is 11.4. The average molecular weight is 300 g/mol. The van der Waals surface area contributed by atoms with Gasteiger partial charge in [-0.2, -0.15) is 0 Å². The van der Waals surface area contributed by atoms with Gasteiger partial charge in [0.25, 0.3) is 0 Å². The van der Waals surface area contributed by atoms with Gasteiger partial charge in [-0.15, -0.1) is 0 Å².